The molecule has 0 aliphatic carbocycles. The summed E-state index contributed by atoms with van der Waals surface area (Å²) in [5.41, 5.74) is 0. The fraction of sp³-hybridized carbons (Fsp3) is 0.898. The van der Waals surface area contributed by atoms with Crippen molar-refractivity contribution in [3.8, 4) is 0 Å². The Morgan fingerprint density at radius 3 is 1.20 bits per heavy atom. The number of esters is 1. The molecule has 0 fully saturated rings. The van der Waals surface area contributed by atoms with E-state index in [2.05, 4.69) is 50.4 Å². The molecule has 0 aromatic heterocycles. The van der Waals surface area contributed by atoms with E-state index in [0.717, 1.165) is 64.2 Å². The third-order valence-electron chi connectivity index (χ3n) is 13.5. The monoisotopic (exact) mass is 916 g/mol. The van der Waals surface area contributed by atoms with Crippen molar-refractivity contribution in [2.75, 3.05) is 6.61 Å². The van der Waals surface area contributed by atoms with Gasteiger partial charge in [0.2, 0.25) is 5.91 Å². The molecule has 6 nitrogen and oxygen atoms in total. The number of carbonyl (C=O) groups excluding carboxylic acids is 2. The van der Waals surface area contributed by atoms with Gasteiger partial charge in [0.05, 0.1) is 25.2 Å². The van der Waals surface area contributed by atoms with Crippen molar-refractivity contribution in [3.05, 3.63) is 24.3 Å². The maximum atomic E-state index is 13.3. The molecular formula is C59H113NO5. The molecule has 0 aliphatic heterocycles. The Kier molecular flexibility index (Phi) is 51.9. The first-order valence-electron chi connectivity index (χ1n) is 29.1. The molecule has 3 unspecified atom stereocenters. The summed E-state index contributed by atoms with van der Waals surface area (Å²) in [5, 5.41) is 23.9. The minimum absolute atomic E-state index is 0.0741. The van der Waals surface area contributed by atoms with Gasteiger partial charge in [-0.3, -0.25) is 9.59 Å². The first-order chi connectivity index (χ1) is 32.0. The van der Waals surface area contributed by atoms with Crippen LogP contribution < -0.4 is 5.32 Å². The second kappa shape index (κ2) is 53.3. The molecule has 0 bridgehead atoms. The van der Waals surface area contributed by atoms with E-state index in [1.807, 2.05) is 0 Å². The SMILES string of the molecule is CCCCC/C=C\C/C=C\CCCCCCCC(CC(=O)NC(CO)C(O)CCCCCCCCCCCCCCCC)OC(=O)CCCCCCCCCCCCCCCCCCC. The van der Waals surface area contributed by atoms with Gasteiger partial charge in [0.25, 0.3) is 0 Å². The van der Waals surface area contributed by atoms with Crippen LogP contribution >= 0.6 is 0 Å². The quantitative estimate of drug-likeness (QED) is 0.0321. The Balaban J connectivity index is 4.53. The van der Waals surface area contributed by atoms with Crippen LogP contribution in [-0.4, -0.2) is 46.9 Å². The third-order valence-corrected chi connectivity index (χ3v) is 13.5. The average molecular weight is 917 g/mol. The number of ether oxygens (including phenoxy) is 1. The number of aliphatic hydroxyl groups excluding tert-OH is 2. The summed E-state index contributed by atoms with van der Waals surface area (Å²) in [5.74, 6) is -0.467. The molecule has 0 aliphatic rings. The van der Waals surface area contributed by atoms with E-state index in [1.54, 1.807) is 0 Å². The Morgan fingerprint density at radius 1 is 0.446 bits per heavy atom. The van der Waals surface area contributed by atoms with Crippen molar-refractivity contribution in [2.24, 2.45) is 0 Å². The van der Waals surface area contributed by atoms with Gasteiger partial charge in [-0.25, -0.2) is 0 Å². The predicted molar refractivity (Wildman–Crippen MR) is 283 cm³/mol. The number of aliphatic hydroxyl groups is 2. The fourth-order valence-electron chi connectivity index (χ4n) is 9.11. The number of hydrogen-bond acceptors (Lipinski definition) is 5. The summed E-state index contributed by atoms with van der Waals surface area (Å²) in [6.45, 7) is 6.49. The molecule has 65 heavy (non-hydrogen) atoms. The summed E-state index contributed by atoms with van der Waals surface area (Å²) in [7, 11) is 0. The molecule has 0 heterocycles. The lowest BCUT2D eigenvalue weighted by atomic mass is 10.0. The zero-order valence-corrected chi connectivity index (χ0v) is 43.9. The number of amides is 1. The molecule has 6 heteroatoms. The molecule has 0 rings (SSSR count). The Hall–Kier alpha value is -1.66. The van der Waals surface area contributed by atoms with Gasteiger partial charge >= 0.3 is 5.97 Å². The van der Waals surface area contributed by atoms with E-state index in [1.165, 1.54) is 205 Å². The second-order valence-electron chi connectivity index (χ2n) is 20.1. The maximum absolute atomic E-state index is 13.3. The lowest BCUT2D eigenvalue weighted by Crippen LogP contribution is -2.46. The number of nitrogens with one attached hydrogen (secondary N) is 1. The van der Waals surface area contributed by atoms with E-state index < -0.39 is 18.2 Å². The number of rotatable bonds is 53. The number of allylic oxidation sites excluding steroid dienone is 4. The molecule has 0 spiro atoms. The van der Waals surface area contributed by atoms with E-state index in [-0.39, 0.29) is 24.9 Å². The molecule has 0 saturated heterocycles. The first-order valence-corrected chi connectivity index (χ1v) is 29.1. The van der Waals surface area contributed by atoms with Gasteiger partial charge in [0.1, 0.15) is 6.10 Å². The lowest BCUT2D eigenvalue weighted by molar-refractivity contribution is -0.151. The van der Waals surface area contributed by atoms with Gasteiger partial charge in [-0.1, -0.05) is 270 Å². The highest BCUT2D eigenvalue weighted by Crippen LogP contribution is 2.19. The van der Waals surface area contributed by atoms with Gasteiger partial charge in [0, 0.05) is 6.42 Å². The Bertz CT molecular complexity index is 1030. The van der Waals surface area contributed by atoms with Crippen molar-refractivity contribution in [1.82, 2.24) is 5.32 Å². The first kappa shape index (κ1) is 63.3. The normalized spacial score (nSPS) is 13.2. The summed E-state index contributed by atoms with van der Waals surface area (Å²) in [6.07, 6.45) is 62.4. The van der Waals surface area contributed by atoms with E-state index >= 15 is 0 Å². The Labute approximate surface area is 405 Å². The predicted octanol–water partition coefficient (Wildman–Crippen LogP) is 17.9. The summed E-state index contributed by atoms with van der Waals surface area (Å²) < 4.78 is 5.96. The molecule has 3 atom stereocenters. The van der Waals surface area contributed by atoms with E-state index in [4.69, 9.17) is 4.74 Å². The zero-order chi connectivity index (χ0) is 47.4. The van der Waals surface area contributed by atoms with Crippen LogP contribution in [0.5, 0.6) is 0 Å². The molecule has 0 aromatic carbocycles. The summed E-state index contributed by atoms with van der Waals surface area (Å²) in [6, 6.07) is -0.702. The van der Waals surface area contributed by atoms with Gasteiger partial charge in [-0.2, -0.15) is 0 Å². The van der Waals surface area contributed by atoms with Crippen LogP contribution in [0.4, 0.5) is 0 Å². The van der Waals surface area contributed by atoms with Crippen LogP contribution in [0, 0.1) is 0 Å². The molecular weight excluding hydrogens is 803 g/mol. The van der Waals surface area contributed by atoms with Crippen molar-refractivity contribution in [1.29, 1.82) is 0 Å². The average Bonchev–Trinajstić information content (AvgIpc) is 3.30. The van der Waals surface area contributed by atoms with Gasteiger partial charge in [-0.05, 0) is 57.8 Å². The number of unbranched alkanes of at least 4 members (excludes halogenated alkanes) is 37. The van der Waals surface area contributed by atoms with Crippen molar-refractivity contribution < 1.29 is 24.5 Å². The van der Waals surface area contributed by atoms with Crippen LogP contribution in [0.3, 0.4) is 0 Å². The van der Waals surface area contributed by atoms with E-state index in [9.17, 15) is 19.8 Å². The second-order valence-corrected chi connectivity index (χ2v) is 20.1. The Morgan fingerprint density at radius 2 is 0.785 bits per heavy atom. The van der Waals surface area contributed by atoms with Crippen molar-refractivity contribution in [3.63, 3.8) is 0 Å². The standard InChI is InChI=1S/C59H113NO5/c1-4-7-10-13-16-19-22-25-28-29-31-34-37-40-43-46-49-52-59(64)65-55(50-47-44-41-38-35-32-30-26-23-20-17-14-11-8-5-2)53-58(63)60-56(54-61)57(62)51-48-45-42-39-36-33-27-24-21-18-15-12-9-6-3/h17,20,26,30,55-57,61-62H,4-16,18-19,21-25,27-29,31-54H2,1-3H3,(H,60,63)/b20-17-,30-26-. The minimum atomic E-state index is -0.788. The topological polar surface area (TPSA) is 95.9 Å². The fourth-order valence-corrected chi connectivity index (χ4v) is 9.11. The molecule has 0 saturated carbocycles. The largest absolute Gasteiger partial charge is 0.462 e. The van der Waals surface area contributed by atoms with Crippen LogP contribution in [-0.2, 0) is 14.3 Å². The molecule has 3 N–H and O–H groups in total. The highest BCUT2D eigenvalue weighted by Gasteiger charge is 2.24. The lowest BCUT2D eigenvalue weighted by Gasteiger charge is -2.24. The molecule has 1 amide bonds. The van der Waals surface area contributed by atoms with Gasteiger partial charge in [-0.15, -0.1) is 0 Å². The minimum Gasteiger partial charge on any atom is -0.462 e. The van der Waals surface area contributed by atoms with Crippen LogP contribution in [0.25, 0.3) is 0 Å². The van der Waals surface area contributed by atoms with Crippen LogP contribution in [0.2, 0.25) is 0 Å². The third kappa shape index (κ3) is 48.6. The highest BCUT2D eigenvalue weighted by molar-refractivity contribution is 5.77. The van der Waals surface area contributed by atoms with Gasteiger partial charge < -0.3 is 20.3 Å². The highest BCUT2D eigenvalue weighted by atomic mass is 16.5. The maximum Gasteiger partial charge on any atom is 0.306 e. The molecule has 0 radical (unpaired) electrons. The van der Waals surface area contributed by atoms with Gasteiger partial charge in [0.15, 0.2) is 0 Å². The molecule has 0 aromatic rings. The van der Waals surface area contributed by atoms with Crippen molar-refractivity contribution in [2.45, 2.75) is 334 Å². The number of hydrogen-bond donors (Lipinski definition) is 3. The van der Waals surface area contributed by atoms with Crippen LogP contribution in [0.1, 0.15) is 316 Å². The van der Waals surface area contributed by atoms with E-state index in [0.29, 0.717) is 19.3 Å². The van der Waals surface area contributed by atoms with Crippen LogP contribution in [0.15, 0.2) is 24.3 Å². The number of carbonyl (C=O) groups is 2. The summed E-state index contributed by atoms with van der Waals surface area (Å²) >= 11 is 0. The smallest absolute Gasteiger partial charge is 0.306 e. The van der Waals surface area contributed by atoms with Crippen molar-refractivity contribution >= 4 is 11.9 Å². The summed E-state index contributed by atoms with van der Waals surface area (Å²) in [4.78, 5) is 26.3. The zero-order valence-electron chi connectivity index (χ0n) is 43.9. The molecule has 384 valence electrons.